The minimum Gasteiger partial charge on any atom is -0.347 e. The molecular formula is C24H29N3O4S. The number of hydrogen-bond donors (Lipinski definition) is 3. The summed E-state index contributed by atoms with van der Waals surface area (Å²) in [5.41, 5.74) is 1.78. The van der Waals surface area contributed by atoms with Crippen molar-refractivity contribution >= 4 is 36.3 Å². The summed E-state index contributed by atoms with van der Waals surface area (Å²) in [5, 5.41) is 8.01. The van der Waals surface area contributed by atoms with Crippen LogP contribution in [0.2, 0.25) is 0 Å². The molecule has 170 valence electrons. The number of aldehydes is 1. The number of rotatable bonds is 14. The number of nitrogens with one attached hydrogen (secondary N) is 3. The lowest BCUT2D eigenvalue weighted by atomic mass is 10.0. The lowest BCUT2D eigenvalue weighted by molar-refractivity contribution is -0.131. The van der Waals surface area contributed by atoms with Crippen molar-refractivity contribution in [2.24, 2.45) is 0 Å². The van der Waals surface area contributed by atoms with Crippen LogP contribution in [0, 0.1) is 0 Å². The van der Waals surface area contributed by atoms with Crippen molar-refractivity contribution in [1.82, 2.24) is 16.0 Å². The van der Waals surface area contributed by atoms with Crippen LogP contribution in [0.25, 0.3) is 0 Å². The normalized spacial score (nSPS) is 13.3. The van der Waals surface area contributed by atoms with Crippen LogP contribution in [0.5, 0.6) is 0 Å². The maximum absolute atomic E-state index is 13.1. The number of thioether (sulfide) groups is 1. The van der Waals surface area contributed by atoms with E-state index >= 15 is 0 Å². The van der Waals surface area contributed by atoms with E-state index in [1.165, 1.54) is 0 Å². The smallest absolute Gasteiger partial charge is 0.243 e. The van der Waals surface area contributed by atoms with Crippen LogP contribution < -0.4 is 16.0 Å². The predicted molar refractivity (Wildman–Crippen MR) is 126 cm³/mol. The first-order chi connectivity index (χ1) is 15.6. The minimum absolute atomic E-state index is 0.256. The third-order valence-corrected chi connectivity index (χ3v) is 5.55. The van der Waals surface area contributed by atoms with Crippen molar-refractivity contribution in [3.63, 3.8) is 0 Å². The summed E-state index contributed by atoms with van der Waals surface area (Å²) in [5.74, 6) is -0.212. The van der Waals surface area contributed by atoms with Gasteiger partial charge < -0.3 is 20.7 Å². The lowest BCUT2D eigenvalue weighted by Crippen LogP contribution is -2.55. The lowest BCUT2D eigenvalue weighted by Gasteiger charge is -2.23. The van der Waals surface area contributed by atoms with Crippen LogP contribution in [-0.2, 0) is 32.0 Å². The molecule has 3 amide bonds. The van der Waals surface area contributed by atoms with Gasteiger partial charge in [0.05, 0.1) is 6.04 Å². The first kappa shape index (κ1) is 25.1. The summed E-state index contributed by atoms with van der Waals surface area (Å²) >= 11 is 1.56. The van der Waals surface area contributed by atoms with Crippen LogP contribution in [0.1, 0.15) is 17.5 Å². The van der Waals surface area contributed by atoms with E-state index in [0.29, 0.717) is 31.3 Å². The molecule has 0 aromatic heterocycles. The van der Waals surface area contributed by atoms with E-state index < -0.39 is 29.9 Å². The molecule has 0 aliphatic carbocycles. The summed E-state index contributed by atoms with van der Waals surface area (Å²) in [4.78, 5) is 48.4. The van der Waals surface area contributed by atoms with Crippen LogP contribution in [0.4, 0.5) is 0 Å². The molecule has 0 spiro atoms. The van der Waals surface area contributed by atoms with Crippen molar-refractivity contribution in [3.05, 3.63) is 71.8 Å². The van der Waals surface area contributed by atoms with Gasteiger partial charge in [0.1, 0.15) is 18.4 Å². The Balaban J connectivity index is 2.13. The van der Waals surface area contributed by atoms with Crippen molar-refractivity contribution in [2.75, 3.05) is 12.0 Å². The average Bonchev–Trinajstić information content (AvgIpc) is 2.82. The Hall–Kier alpha value is -3.13. The summed E-state index contributed by atoms with van der Waals surface area (Å²) in [6.45, 7) is 0. The molecule has 3 N–H and O–H groups in total. The van der Waals surface area contributed by atoms with Crippen LogP contribution >= 0.6 is 11.8 Å². The quantitative estimate of drug-likeness (QED) is 0.375. The molecule has 7 nitrogen and oxygen atoms in total. The Morgan fingerprint density at radius 2 is 1.41 bits per heavy atom. The molecule has 0 radical (unpaired) electrons. The zero-order chi connectivity index (χ0) is 23.2. The highest BCUT2D eigenvalue weighted by Gasteiger charge is 2.27. The van der Waals surface area contributed by atoms with E-state index in [1.54, 1.807) is 11.8 Å². The van der Waals surface area contributed by atoms with Crippen molar-refractivity contribution in [2.45, 2.75) is 37.4 Å². The third-order valence-electron chi connectivity index (χ3n) is 4.90. The van der Waals surface area contributed by atoms with E-state index in [1.807, 2.05) is 66.9 Å². The molecule has 32 heavy (non-hydrogen) atoms. The fourth-order valence-corrected chi connectivity index (χ4v) is 3.70. The Bertz CT molecular complexity index is 864. The SMILES string of the molecule is CSCC[C@H](NC=O)C(=O)N[C@@H](Cc1ccccc1)C(=O)N[C@H](C=O)Cc1ccccc1. The van der Waals surface area contributed by atoms with Gasteiger partial charge >= 0.3 is 0 Å². The van der Waals surface area contributed by atoms with Gasteiger partial charge in [-0.2, -0.15) is 11.8 Å². The molecule has 0 saturated heterocycles. The first-order valence-corrected chi connectivity index (χ1v) is 11.8. The predicted octanol–water partition coefficient (Wildman–Crippen LogP) is 1.51. The summed E-state index contributed by atoms with van der Waals surface area (Å²) in [6, 6.07) is 16.3. The molecule has 2 aromatic rings. The van der Waals surface area contributed by atoms with Gasteiger partial charge in [0.15, 0.2) is 0 Å². The van der Waals surface area contributed by atoms with Crippen LogP contribution in [0.3, 0.4) is 0 Å². The molecule has 0 aliphatic heterocycles. The highest BCUT2D eigenvalue weighted by Crippen LogP contribution is 2.07. The molecule has 8 heteroatoms. The molecule has 2 rings (SSSR count). The summed E-state index contributed by atoms with van der Waals surface area (Å²) < 4.78 is 0. The Labute approximate surface area is 192 Å². The maximum atomic E-state index is 13.1. The van der Waals surface area contributed by atoms with Gasteiger partial charge in [-0.05, 0) is 36.0 Å². The Morgan fingerprint density at radius 3 is 1.94 bits per heavy atom. The fraction of sp³-hybridized carbons (Fsp3) is 0.333. The molecule has 0 fully saturated rings. The number of hydrogen-bond acceptors (Lipinski definition) is 5. The van der Waals surface area contributed by atoms with Gasteiger partial charge in [-0.3, -0.25) is 14.4 Å². The van der Waals surface area contributed by atoms with Crippen molar-refractivity contribution in [1.29, 1.82) is 0 Å². The highest BCUT2D eigenvalue weighted by molar-refractivity contribution is 7.98. The first-order valence-electron chi connectivity index (χ1n) is 10.4. The van der Waals surface area contributed by atoms with E-state index in [2.05, 4.69) is 16.0 Å². The second-order valence-electron chi connectivity index (χ2n) is 7.31. The zero-order valence-electron chi connectivity index (χ0n) is 18.0. The van der Waals surface area contributed by atoms with Gasteiger partial charge in [-0.1, -0.05) is 60.7 Å². The molecule has 0 heterocycles. The van der Waals surface area contributed by atoms with Crippen LogP contribution in [-0.4, -0.2) is 54.6 Å². The molecule has 0 saturated carbocycles. The summed E-state index contributed by atoms with van der Waals surface area (Å²) in [7, 11) is 0. The topological polar surface area (TPSA) is 104 Å². The second kappa shape index (κ2) is 14.0. The fourth-order valence-electron chi connectivity index (χ4n) is 3.22. The molecule has 0 unspecified atom stereocenters. The van der Waals surface area contributed by atoms with Gasteiger partial charge in [0.2, 0.25) is 18.2 Å². The monoisotopic (exact) mass is 455 g/mol. The van der Waals surface area contributed by atoms with Gasteiger partial charge in [0, 0.05) is 6.42 Å². The van der Waals surface area contributed by atoms with Gasteiger partial charge in [0.25, 0.3) is 0 Å². The number of carbonyl (C=O) groups excluding carboxylic acids is 4. The zero-order valence-corrected chi connectivity index (χ0v) is 18.8. The average molecular weight is 456 g/mol. The minimum atomic E-state index is -0.895. The standard InChI is InChI=1S/C24H29N3O4S/c1-32-13-12-21(25-17-29)23(30)27-22(15-19-10-6-3-7-11-19)24(31)26-20(16-28)14-18-8-4-2-5-9-18/h2-11,16-17,20-22H,12-15H2,1H3,(H,25,29)(H,26,31)(H,27,30)/t20-,21-,22-/m0/s1. The number of benzene rings is 2. The number of carbonyl (C=O) groups is 4. The second-order valence-corrected chi connectivity index (χ2v) is 8.30. The molecule has 2 aromatic carbocycles. The van der Waals surface area contributed by atoms with Crippen molar-refractivity contribution in [3.8, 4) is 0 Å². The summed E-state index contributed by atoms with van der Waals surface area (Å²) in [6.07, 6.45) is 4.14. The third kappa shape index (κ3) is 8.55. The Morgan fingerprint density at radius 1 is 0.844 bits per heavy atom. The maximum Gasteiger partial charge on any atom is 0.243 e. The molecule has 3 atom stereocenters. The largest absolute Gasteiger partial charge is 0.347 e. The Kier molecular flexibility index (Phi) is 11.0. The van der Waals surface area contributed by atoms with Crippen molar-refractivity contribution < 1.29 is 19.2 Å². The van der Waals surface area contributed by atoms with Gasteiger partial charge in [-0.25, -0.2) is 0 Å². The molecular weight excluding hydrogens is 426 g/mol. The van der Waals surface area contributed by atoms with Gasteiger partial charge in [-0.15, -0.1) is 0 Å². The van der Waals surface area contributed by atoms with E-state index in [4.69, 9.17) is 0 Å². The molecule has 0 aliphatic rings. The highest BCUT2D eigenvalue weighted by atomic mass is 32.2. The van der Waals surface area contributed by atoms with E-state index in [9.17, 15) is 19.2 Å². The van der Waals surface area contributed by atoms with E-state index in [0.717, 1.165) is 11.1 Å². The number of amides is 3. The molecule has 0 bridgehead atoms. The van der Waals surface area contributed by atoms with Crippen LogP contribution in [0.15, 0.2) is 60.7 Å². The van der Waals surface area contributed by atoms with E-state index in [-0.39, 0.29) is 6.42 Å².